The predicted octanol–water partition coefficient (Wildman–Crippen LogP) is 4.11. The first-order valence-corrected chi connectivity index (χ1v) is 10.3. The van der Waals surface area contributed by atoms with Gasteiger partial charge in [-0.1, -0.05) is 35.5 Å². The molecule has 164 valence electrons. The monoisotopic (exact) mass is 472 g/mol. The molecule has 1 aliphatic rings. The summed E-state index contributed by atoms with van der Waals surface area (Å²) in [5.74, 6) is -0.733. The molecule has 1 atom stereocenters. The Morgan fingerprint density at radius 1 is 1.26 bits per heavy atom. The standard InChI is InChI=1S/C19H16ClF3N4O3S/c1-2-30-16(28)14-12(9-31-18-24-8-7-13(26-18)19(21,22)23)25-17(29)27-15(14)10-3-5-11(20)6-4-10/h3-8,15H,2,9H2,1H3,(H2,25,27,29). The minimum atomic E-state index is -4.61. The minimum absolute atomic E-state index is 0.0625. The van der Waals surface area contributed by atoms with Crippen LogP contribution in [0.4, 0.5) is 18.0 Å². The van der Waals surface area contributed by atoms with Gasteiger partial charge in [-0.15, -0.1) is 0 Å². The molecule has 0 fully saturated rings. The largest absolute Gasteiger partial charge is 0.463 e. The van der Waals surface area contributed by atoms with Gasteiger partial charge in [0.05, 0.1) is 18.2 Å². The molecule has 2 aromatic rings. The molecule has 0 radical (unpaired) electrons. The maximum Gasteiger partial charge on any atom is 0.433 e. The molecule has 12 heteroatoms. The first kappa shape index (κ1) is 22.9. The van der Waals surface area contributed by atoms with Crippen LogP contribution in [0.5, 0.6) is 0 Å². The van der Waals surface area contributed by atoms with Gasteiger partial charge in [0, 0.05) is 22.7 Å². The van der Waals surface area contributed by atoms with Crippen LogP contribution in [0, 0.1) is 0 Å². The Hall–Kier alpha value is -2.79. The maximum absolute atomic E-state index is 12.9. The van der Waals surface area contributed by atoms with Gasteiger partial charge in [-0.05, 0) is 30.7 Å². The maximum atomic E-state index is 12.9. The van der Waals surface area contributed by atoms with Crippen molar-refractivity contribution in [2.75, 3.05) is 12.4 Å². The summed E-state index contributed by atoms with van der Waals surface area (Å²) in [7, 11) is 0. The van der Waals surface area contributed by atoms with Gasteiger partial charge in [-0.2, -0.15) is 13.2 Å². The van der Waals surface area contributed by atoms with Gasteiger partial charge in [0.1, 0.15) is 5.69 Å². The number of carbonyl (C=O) groups is 2. The molecule has 0 aliphatic carbocycles. The number of ether oxygens (including phenoxy) is 1. The quantitative estimate of drug-likeness (QED) is 0.373. The van der Waals surface area contributed by atoms with E-state index in [0.29, 0.717) is 10.6 Å². The number of hydrogen-bond acceptors (Lipinski definition) is 6. The van der Waals surface area contributed by atoms with Gasteiger partial charge in [-0.25, -0.2) is 19.6 Å². The zero-order chi connectivity index (χ0) is 22.6. The number of amides is 2. The summed E-state index contributed by atoms with van der Waals surface area (Å²) in [5.41, 5.74) is -0.186. The van der Waals surface area contributed by atoms with Gasteiger partial charge in [0.15, 0.2) is 5.16 Å². The van der Waals surface area contributed by atoms with Crippen LogP contribution in [0.3, 0.4) is 0 Å². The number of benzene rings is 1. The molecule has 2 amide bonds. The van der Waals surface area contributed by atoms with Crippen LogP contribution in [-0.2, 0) is 15.7 Å². The highest BCUT2D eigenvalue weighted by molar-refractivity contribution is 7.99. The number of thioether (sulfide) groups is 1. The summed E-state index contributed by atoms with van der Waals surface area (Å²) >= 11 is 6.77. The summed E-state index contributed by atoms with van der Waals surface area (Å²) in [6.45, 7) is 1.73. The van der Waals surface area contributed by atoms with Crippen LogP contribution in [-0.4, -0.2) is 34.3 Å². The van der Waals surface area contributed by atoms with Gasteiger partial charge in [0.25, 0.3) is 0 Å². The van der Waals surface area contributed by atoms with Crippen molar-refractivity contribution in [1.29, 1.82) is 0 Å². The fraction of sp³-hybridized carbons (Fsp3) is 0.263. The average molecular weight is 473 g/mol. The van der Waals surface area contributed by atoms with Crippen LogP contribution < -0.4 is 10.6 Å². The predicted molar refractivity (Wildman–Crippen MR) is 107 cm³/mol. The van der Waals surface area contributed by atoms with Crippen LogP contribution in [0.2, 0.25) is 5.02 Å². The van der Waals surface area contributed by atoms with Crippen LogP contribution in [0.25, 0.3) is 0 Å². The van der Waals surface area contributed by atoms with E-state index in [1.807, 2.05) is 0 Å². The Bertz CT molecular complexity index is 1020. The van der Waals surface area contributed by atoms with Gasteiger partial charge in [-0.3, -0.25) is 0 Å². The molecule has 0 saturated carbocycles. The Labute approximate surface area is 184 Å². The average Bonchev–Trinajstić information content (AvgIpc) is 2.72. The molecule has 31 heavy (non-hydrogen) atoms. The lowest BCUT2D eigenvalue weighted by molar-refractivity contribution is -0.141. The van der Waals surface area contributed by atoms with E-state index in [4.69, 9.17) is 16.3 Å². The van der Waals surface area contributed by atoms with Gasteiger partial charge in [0.2, 0.25) is 0 Å². The summed E-state index contributed by atoms with van der Waals surface area (Å²) in [6.07, 6.45) is -3.62. The fourth-order valence-electron chi connectivity index (χ4n) is 2.79. The number of alkyl halides is 3. The molecule has 0 spiro atoms. The molecule has 1 aromatic heterocycles. The number of halogens is 4. The third-order valence-electron chi connectivity index (χ3n) is 4.12. The van der Waals surface area contributed by atoms with E-state index in [1.165, 1.54) is 0 Å². The first-order valence-electron chi connectivity index (χ1n) is 8.95. The normalized spacial score (nSPS) is 16.5. The topological polar surface area (TPSA) is 93.2 Å². The number of hydrogen-bond donors (Lipinski definition) is 2. The number of rotatable bonds is 6. The van der Waals surface area contributed by atoms with E-state index in [9.17, 15) is 22.8 Å². The number of nitrogens with one attached hydrogen (secondary N) is 2. The van der Waals surface area contributed by atoms with Crippen molar-refractivity contribution in [2.24, 2.45) is 0 Å². The van der Waals surface area contributed by atoms with Crippen LogP contribution >= 0.6 is 23.4 Å². The molecule has 1 unspecified atom stereocenters. The van der Waals surface area contributed by atoms with E-state index in [0.717, 1.165) is 24.0 Å². The zero-order valence-electron chi connectivity index (χ0n) is 16.0. The Morgan fingerprint density at radius 2 is 1.97 bits per heavy atom. The van der Waals surface area contributed by atoms with E-state index >= 15 is 0 Å². The summed E-state index contributed by atoms with van der Waals surface area (Å²) in [6, 6.07) is 5.88. The molecule has 7 nitrogen and oxygen atoms in total. The Kier molecular flexibility index (Phi) is 7.06. The van der Waals surface area contributed by atoms with Crippen molar-refractivity contribution < 1.29 is 27.5 Å². The van der Waals surface area contributed by atoms with E-state index in [1.54, 1.807) is 31.2 Å². The molecule has 1 aromatic carbocycles. The van der Waals surface area contributed by atoms with Crippen molar-refractivity contribution in [3.8, 4) is 0 Å². The lowest BCUT2D eigenvalue weighted by Gasteiger charge is -2.29. The van der Waals surface area contributed by atoms with Crippen molar-refractivity contribution in [3.63, 3.8) is 0 Å². The second-order valence-electron chi connectivity index (χ2n) is 6.21. The number of esters is 1. The molecule has 1 aliphatic heterocycles. The number of aromatic nitrogens is 2. The summed E-state index contributed by atoms with van der Waals surface area (Å²) in [4.78, 5) is 32.2. The Balaban J connectivity index is 1.94. The van der Waals surface area contributed by atoms with Crippen molar-refractivity contribution >= 4 is 35.4 Å². The summed E-state index contributed by atoms with van der Waals surface area (Å²) < 4.78 is 43.8. The van der Waals surface area contributed by atoms with Gasteiger partial charge < -0.3 is 15.4 Å². The molecule has 2 N–H and O–H groups in total. The van der Waals surface area contributed by atoms with E-state index in [2.05, 4.69) is 20.6 Å². The van der Waals surface area contributed by atoms with Crippen LogP contribution in [0.15, 0.2) is 53.0 Å². The van der Waals surface area contributed by atoms with E-state index in [-0.39, 0.29) is 28.8 Å². The highest BCUT2D eigenvalue weighted by Crippen LogP contribution is 2.32. The third-order valence-corrected chi connectivity index (χ3v) is 5.26. The van der Waals surface area contributed by atoms with Crippen molar-refractivity contribution in [3.05, 3.63) is 64.1 Å². The summed E-state index contributed by atoms with van der Waals surface area (Å²) in [5, 5.41) is 5.52. The Morgan fingerprint density at radius 3 is 2.61 bits per heavy atom. The number of urea groups is 1. The second-order valence-corrected chi connectivity index (χ2v) is 7.59. The lowest BCUT2D eigenvalue weighted by Crippen LogP contribution is -2.46. The SMILES string of the molecule is CCOC(=O)C1=C(CSc2nccc(C(F)(F)F)n2)NC(=O)NC1c1ccc(Cl)cc1. The molecular formula is C19H16ClF3N4O3S. The zero-order valence-corrected chi connectivity index (χ0v) is 17.6. The van der Waals surface area contributed by atoms with Crippen molar-refractivity contribution in [2.45, 2.75) is 24.3 Å². The molecular weight excluding hydrogens is 457 g/mol. The number of carbonyl (C=O) groups excluding carboxylic acids is 2. The molecule has 2 heterocycles. The molecule has 0 saturated heterocycles. The van der Waals surface area contributed by atoms with E-state index < -0.39 is 29.9 Å². The molecule has 0 bridgehead atoms. The van der Waals surface area contributed by atoms with Gasteiger partial charge >= 0.3 is 18.2 Å². The first-order chi connectivity index (χ1) is 14.7. The lowest BCUT2D eigenvalue weighted by atomic mass is 9.95. The van der Waals surface area contributed by atoms with Crippen LogP contribution in [0.1, 0.15) is 24.2 Å². The fourth-order valence-corrected chi connectivity index (χ4v) is 3.72. The molecule has 3 rings (SSSR count). The minimum Gasteiger partial charge on any atom is -0.463 e. The highest BCUT2D eigenvalue weighted by Gasteiger charge is 2.35. The smallest absolute Gasteiger partial charge is 0.433 e. The highest BCUT2D eigenvalue weighted by atomic mass is 35.5. The second kappa shape index (κ2) is 9.56. The number of nitrogens with zero attached hydrogens (tertiary/aromatic N) is 2. The van der Waals surface area contributed by atoms with Crippen molar-refractivity contribution in [1.82, 2.24) is 20.6 Å². The third kappa shape index (κ3) is 5.67.